The number of hydrogen-bond acceptors (Lipinski definition) is 6. The number of hydrogen-bond donors (Lipinski definition) is 1. The normalized spacial score (nSPS) is 25.3. The summed E-state index contributed by atoms with van der Waals surface area (Å²) in [5.41, 5.74) is 0.355. The molecule has 6 heteroatoms. The van der Waals surface area contributed by atoms with Gasteiger partial charge in [-0.25, -0.2) is 0 Å². The Morgan fingerprint density at radius 2 is 1.70 bits per heavy atom. The monoisotopic (exact) mass is 373 g/mol. The zero-order chi connectivity index (χ0) is 19.8. The lowest BCUT2D eigenvalue weighted by Gasteiger charge is -2.44. The first-order valence-corrected chi connectivity index (χ1v) is 9.52. The summed E-state index contributed by atoms with van der Waals surface area (Å²) >= 11 is 0. The van der Waals surface area contributed by atoms with Gasteiger partial charge in [-0.15, -0.1) is 0 Å². The minimum absolute atomic E-state index is 0.0930. The van der Waals surface area contributed by atoms with Gasteiger partial charge in [-0.2, -0.15) is 0 Å². The molecule has 3 unspecified atom stereocenters. The van der Waals surface area contributed by atoms with Crippen LogP contribution in [0.4, 0.5) is 5.69 Å². The molecule has 146 valence electrons. The van der Waals surface area contributed by atoms with Crippen LogP contribution in [-0.4, -0.2) is 36.5 Å². The molecule has 2 aliphatic rings. The minimum Gasteiger partial charge on any atom is -0.462 e. The second kappa shape index (κ2) is 7.33. The topological polar surface area (TPSA) is 81.7 Å². The molecule has 0 bridgehead atoms. The molecule has 1 aliphatic heterocycles. The third-order valence-corrected chi connectivity index (χ3v) is 5.35. The number of anilines is 1. The van der Waals surface area contributed by atoms with Gasteiger partial charge in [0.2, 0.25) is 0 Å². The van der Waals surface area contributed by atoms with Crippen LogP contribution >= 0.6 is 0 Å². The standard InChI is InChI=1S/C21H27NO5/c1-12(2)26-19(24)21(20(25)27-13(3)4)10-14(11-23)9-16-15-7-5-6-8-17(15)22-18(16)21/h5-8,11-14,16,18,22H,9-10H2,1-4H3. The van der Waals surface area contributed by atoms with E-state index in [-0.39, 0.29) is 24.5 Å². The Hall–Kier alpha value is -2.37. The van der Waals surface area contributed by atoms with E-state index >= 15 is 0 Å². The molecule has 6 nitrogen and oxygen atoms in total. The molecule has 1 aromatic rings. The van der Waals surface area contributed by atoms with Crippen molar-refractivity contribution in [3.8, 4) is 0 Å². The Kier molecular flexibility index (Phi) is 5.27. The number of benzene rings is 1. The van der Waals surface area contributed by atoms with Crippen molar-refractivity contribution < 1.29 is 23.9 Å². The number of ether oxygens (including phenoxy) is 2. The van der Waals surface area contributed by atoms with Gasteiger partial charge in [-0.1, -0.05) is 18.2 Å². The third-order valence-electron chi connectivity index (χ3n) is 5.35. The average molecular weight is 373 g/mol. The highest BCUT2D eigenvalue weighted by Gasteiger charge is 2.63. The number of aldehydes is 1. The van der Waals surface area contributed by atoms with Crippen LogP contribution in [0.25, 0.3) is 0 Å². The van der Waals surface area contributed by atoms with E-state index in [0.717, 1.165) is 17.5 Å². The molecule has 3 rings (SSSR count). The summed E-state index contributed by atoms with van der Waals surface area (Å²) in [6, 6.07) is 7.24. The molecule has 1 aromatic carbocycles. The molecule has 3 atom stereocenters. The summed E-state index contributed by atoms with van der Waals surface area (Å²) in [7, 11) is 0. The first-order chi connectivity index (χ1) is 12.8. The molecule has 1 aliphatic carbocycles. The quantitative estimate of drug-likeness (QED) is 0.485. The molecule has 0 amide bonds. The number of rotatable bonds is 5. The van der Waals surface area contributed by atoms with Crippen molar-refractivity contribution in [2.24, 2.45) is 11.3 Å². The number of fused-ring (bicyclic) bond motifs is 3. The van der Waals surface area contributed by atoms with E-state index in [2.05, 4.69) is 5.32 Å². The lowest BCUT2D eigenvalue weighted by Crippen LogP contribution is -2.58. The fourth-order valence-corrected chi connectivity index (χ4v) is 4.33. The maximum absolute atomic E-state index is 13.2. The van der Waals surface area contributed by atoms with Gasteiger partial charge in [-0.05, 0) is 52.2 Å². The van der Waals surface area contributed by atoms with E-state index in [1.165, 1.54) is 0 Å². The van der Waals surface area contributed by atoms with Gasteiger partial charge in [0.1, 0.15) is 6.29 Å². The van der Waals surface area contributed by atoms with E-state index in [9.17, 15) is 14.4 Å². The zero-order valence-electron chi connectivity index (χ0n) is 16.2. The third kappa shape index (κ3) is 3.33. The lowest BCUT2D eigenvalue weighted by atomic mass is 9.61. The smallest absolute Gasteiger partial charge is 0.325 e. The van der Waals surface area contributed by atoms with Gasteiger partial charge < -0.3 is 19.6 Å². The van der Waals surface area contributed by atoms with Crippen molar-refractivity contribution in [3.05, 3.63) is 29.8 Å². The zero-order valence-corrected chi connectivity index (χ0v) is 16.2. The van der Waals surface area contributed by atoms with Gasteiger partial charge >= 0.3 is 11.9 Å². The van der Waals surface area contributed by atoms with Gasteiger partial charge in [0.25, 0.3) is 0 Å². The van der Waals surface area contributed by atoms with Crippen molar-refractivity contribution in [1.82, 2.24) is 0 Å². The summed E-state index contributed by atoms with van der Waals surface area (Å²) in [5.74, 6) is -1.79. The number of nitrogens with one attached hydrogen (secondary N) is 1. The van der Waals surface area contributed by atoms with Gasteiger partial charge in [-0.3, -0.25) is 9.59 Å². The van der Waals surface area contributed by atoms with Crippen molar-refractivity contribution in [1.29, 1.82) is 0 Å². The highest BCUT2D eigenvalue weighted by molar-refractivity contribution is 6.03. The highest BCUT2D eigenvalue weighted by Crippen LogP contribution is 2.54. The molecule has 1 saturated carbocycles. The molecular weight excluding hydrogens is 346 g/mol. The largest absolute Gasteiger partial charge is 0.462 e. The highest BCUT2D eigenvalue weighted by atomic mass is 16.6. The number of para-hydroxylation sites is 1. The Morgan fingerprint density at radius 1 is 1.11 bits per heavy atom. The van der Waals surface area contributed by atoms with Gasteiger partial charge in [0.05, 0.1) is 18.2 Å². The molecular formula is C21H27NO5. The predicted molar refractivity (Wildman–Crippen MR) is 100 cm³/mol. The molecule has 0 spiro atoms. The average Bonchev–Trinajstić information content (AvgIpc) is 2.98. The van der Waals surface area contributed by atoms with Crippen LogP contribution in [0.15, 0.2) is 24.3 Å². The lowest BCUT2D eigenvalue weighted by molar-refractivity contribution is -0.182. The minimum atomic E-state index is -1.55. The summed E-state index contributed by atoms with van der Waals surface area (Å²) < 4.78 is 11.0. The van der Waals surface area contributed by atoms with Crippen LogP contribution in [0.3, 0.4) is 0 Å². The summed E-state index contributed by atoms with van der Waals surface area (Å²) in [5, 5.41) is 3.36. The number of carbonyl (C=O) groups is 3. The van der Waals surface area contributed by atoms with Crippen molar-refractivity contribution in [3.63, 3.8) is 0 Å². The number of esters is 2. The Balaban J connectivity index is 2.10. The Morgan fingerprint density at radius 3 is 2.26 bits per heavy atom. The fraction of sp³-hybridized carbons (Fsp3) is 0.571. The first kappa shape index (κ1) is 19.4. The van der Waals surface area contributed by atoms with Gasteiger partial charge in [0, 0.05) is 17.5 Å². The van der Waals surface area contributed by atoms with Crippen molar-refractivity contribution in [2.75, 3.05) is 5.32 Å². The summed E-state index contributed by atoms with van der Waals surface area (Å²) in [4.78, 5) is 38.2. The second-order valence-corrected chi connectivity index (χ2v) is 8.03. The fourth-order valence-electron chi connectivity index (χ4n) is 4.33. The van der Waals surface area contributed by atoms with Crippen LogP contribution in [0.5, 0.6) is 0 Å². The number of carbonyl (C=O) groups excluding carboxylic acids is 3. The molecule has 1 N–H and O–H groups in total. The van der Waals surface area contributed by atoms with Crippen LogP contribution in [0.1, 0.15) is 52.0 Å². The molecule has 1 fully saturated rings. The van der Waals surface area contributed by atoms with E-state index in [1.54, 1.807) is 27.7 Å². The first-order valence-electron chi connectivity index (χ1n) is 9.52. The second-order valence-electron chi connectivity index (χ2n) is 8.03. The molecule has 0 radical (unpaired) electrons. The molecule has 1 heterocycles. The van der Waals surface area contributed by atoms with E-state index in [0.29, 0.717) is 6.42 Å². The van der Waals surface area contributed by atoms with E-state index in [4.69, 9.17) is 9.47 Å². The maximum atomic E-state index is 13.2. The molecule has 0 saturated heterocycles. The Bertz CT molecular complexity index is 720. The van der Waals surface area contributed by atoms with Gasteiger partial charge in [0.15, 0.2) is 5.41 Å². The van der Waals surface area contributed by atoms with Crippen LogP contribution in [0, 0.1) is 11.3 Å². The predicted octanol–water partition coefficient (Wildman–Crippen LogP) is 3.06. The molecule has 27 heavy (non-hydrogen) atoms. The summed E-state index contributed by atoms with van der Waals surface area (Å²) in [6.45, 7) is 6.98. The maximum Gasteiger partial charge on any atom is 0.325 e. The van der Waals surface area contributed by atoms with Crippen LogP contribution in [-0.2, 0) is 23.9 Å². The molecule has 0 aromatic heterocycles. The Labute approximate surface area is 159 Å². The van der Waals surface area contributed by atoms with E-state index in [1.807, 2.05) is 24.3 Å². The summed E-state index contributed by atoms with van der Waals surface area (Å²) in [6.07, 6.45) is 0.775. The van der Waals surface area contributed by atoms with Crippen molar-refractivity contribution in [2.45, 2.75) is 64.7 Å². The van der Waals surface area contributed by atoms with Crippen LogP contribution < -0.4 is 5.32 Å². The SMILES string of the molecule is CC(C)OC(=O)C1(C(=O)OC(C)C)CC(C=O)CC2c3ccccc3NC21. The van der Waals surface area contributed by atoms with E-state index < -0.39 is 29.3 Å². The van der Waals surface area contributed by atoms with Crippen LogP contribution in [0.2, 0.25) is 0 Å². The van der Waals surface area contributed by atoms with Crippen molar-refractivity contribution >= 4 is 23.9 Å².